The summed E-state index contributed by atoms with van der Waals surface area (Å²) in [5, 5.41) is 23.8. The predicted octanol–water partition coefficient (Wildman–Crippen LogP) is 5.94. The first-order valence-corrected chi connectivity index (χ1v) is 11.4. The molecule has 0 bridgehead atoms. The molecule has 0 fully saturated rings. The molecule has 3 aromatic carbocycles. The third-order valence-corrected chi connectivity index (χ3v) is 5.44. The maximum atomic E-state index is 12.8. The number of aromatic nitrogens is 4. The lowest BCUT2D eigenvalue weighted by molar-refractivity contribution is 0.262. The summed E-state index contributed by atoms with van der Waals surface area (Å²) in [6.07, 6.45) is 1.03. The van der Waals surface area contributed by atoms with Crippen LogP contribution in [0.2, 0.25) is 0 Å². The number of benzene rings is 3. The van der Waals surface area contributed by atoms with Crippen LogP contribution in [-0.2, 0) is 0 Å². The predicted molar refractivity (Wildman–Crippen MR) is 137 cm³/mol. The normalized spacial score (nSPS) is 10.8. The quantitative estimate of drug-likeness (QED) is 0.263. The zero-order valence-electron chi connectivity index (χ0n) is 19.6. The van der Waals surface area contributed by atoms with Gasteiger partial charge in [0.25, 0.3) is 0 Å². The monoisotopic (exact) mass is 455 g/mol. The Morgan fingerprint density at radius 3 is 2.41 bits per heavy atom. The Morgan fingerprint density at radius 2 is 1.71 bits per heavy atom. The van der Waals surface area contributed by atoms with Gasteiger partial charge in [0.15, 0.2) is 0 Å². The van der Waals surface area contributed by atoms with Gasteiger partial charge in [0.1, 0.15) is 0 Å². The molecule has 0 unspecified atom stereocenters. The summed E-state index contributed by atoms with van der Waals surface area (Å²) in [4.78, 5) is 12.8. The van der Waals surface area contributed by atoms with Gasteiger partial charge in [-0.1, -0.05) is 61.9 Å². The second-order valence-electron chi connectivity index (χ2n) is 8.60. The molecule has 34 heavy (non-hydrogen) atoms. The molecule has 8 heteroatoms. The standard InChI is InChI=1S/C26H29N7O/c1-17(2)14-15-27-23-13-10-19(21-6-4-5-7-22(21)25-30-32-33-31-25)16-24(23)29-26(34)28-20-11-8-18(3)9-12-20/h4-13,16-17,27H,14-15H2,1-3H3,(H2,28,29,34)(H,30,31,32,33). The van der Waals surface area contributed by atoms with E-state index < -0.39 is 0 Å². The van der Waals surface area contributed by atoms with Gasteiger partial charge in [0.05, 0.1) is 11.4 Å². The Kier molecular flexibility index (Phi) is 7.17. The third-order valence-electron chi connectivity index (χ3n) is 5.44. The van der Waals surface area contributed by atoms with Crippen molar-refractivity contribution in [2.45, 2.75) is 27.2 Å². The number of urea groups is 1. The fraction of sp³-hybridized carbons (Fsp3) is 0.231. The molecule has 0 radical (unpaired) electrons. The fourth-order valence-electron chi connectivity index (χ4n) is 3.59. The Hall–Kier alpha value is -4.20. The number of aromatic amines is 1. The minimum atomic E-state index is -0.306. The number of hydrogen-bond acceptors (Lipinski definition) is 5. The number of hydrogen-bond donors (Lipinski definition) is 4. The molecule has 0 aliphatic carbocycles. The summed E-state index contributed by atoms with van der Waals surface area (Å²) in [5.74, 6) is 1.09. The smallest absolute Gasteiger partial charge is 0.323 e. The van der Waals surface area contributed by atoms with Crippen molar-refractivity contribution in [1.29, 1.82) is 0 Å². The van der Waals surface area contributed by atoms with Crippen molar-refractivity contribution in [3.05, 3.63) is 72.3 Å². The summed E-state index contributed by atoms with van der Waals surface area (Å²) in [6, 6.07) is 21.2. The van der Waals surface area contributed by atoms with Gasteiger partial charge in [0.2, 0.25) is 5.82 Å². The first-order valence-electron chi connectivity index (χ1n) is 11.4. The van der Waals surface area contributed by atoms with Crippen LogP contribution in [0.5, 0.6) is 0 Å². The van der Waals surface area contributed by atoms with Crippen molar-refractivity contribution in [1.82, 2.24) is 20.6 Å². The molecule has 1 heterocycles. The van der Waals surface area contributed by atoms with E-state index >= 15 is 0 Å². The first kappa shape index (κ1) is 23.0. The van der Waals surface area contributed by atoms with Crippen molar-refractivity contribution in [3.63, 3.8) is 0 Å². The second-order valence-corrected chi connectivity index (χ2v) is 8.60. The molecular formula is C26H29N7O. The fourth-order valence-corrected chi connectivity index (χ4v) is 3.59. The number of nitrogens with one attached hydrogen (secondary N) is 4. The summed E-state index contributed by atoms with van der Waals surface area (Å²) in [6.45, 7) is 7.20. The number of carbonyl (C=O) groups excluding carboxylic acids is 1. The van der Waals surface area contributed by atoms with E-state index in [0.29, 0.717) is 17.4 Å². The average molecular weight is 456 g/mol. The van der Waals surface area contributed by atoms with E-state index in [4.69, 9.17) is 0 Å². The SMILES string of the molecule is Cc1ccc(NC(=O)Nc2cc(-c3ccccc3-c3nn[nH]n3)ccc2NCCC(C)C)cc1. The number of H-pyrrole nitrogens is 1. The van der Waals surface area contributed by atoms with Crippen LogP contribution >= 0.6 is 0 Å². The van der Waals surface area contributed by atoms with Crippen LogP contribution in [0.15, 0.2) is 66.7 Å². The van der Waals surface area contributed by atoms with E-state index in [1.165, 1.54) is 0 Å². The van der Waals surface area contributed by atoms with Crippen LogP contribution in [-0.4, -0.2) is 33.2 Å². The molecule has 0 aliphatic rings. The lowest BCUT2D eigenvalue weighted by Gasteiger charge is -2.17. The molecule has 2 amide bonds. The van der Waals surface area contributed by atoms with Crippen molar-refractivity contribution < 1.29 is 4.79 Å². The van der Waals surface area contributed by atoms with Crippen LogP contribution < -0.4 is 16.0 Å². The van der Waals surface area contributed by atoms with Gasteiger partial charge in [-0.05, 0) is 59.9 Å². The Bertz CT molecular complexity index is 1230. The number of nitrogens with zero attached hydrogens (tertiary/aromatic N) is 3. The molecule has 8 nitrogen and oxygen atoms in total. The number of amides is 2. The molecule has 0 saturated heterocycles. The highest BCUT2D eigenvalue weighted by molar-refractivity contribution is 6.02. The van der Waals surface area contributed by atoms with Crippen LogP contribution in [0.3, 0.4) is 0 Å². The molecule has 174 valence electrons. The molecule has 1 aromatic heterocycles. The number of tetrazole rings is 1. The minimum absolute atomic E-state index is 0.306. The maximum absolute atomic E-state index is 12.8. The van der Waals surface area contributed by atoms with Gasteiger partial charge >= 0.3 is 6.03 Å². The van der Waals surface area contributed by atoms with E-state index in [1.54, 1.807) is 0 Å². The van der Waals surface area contributed by atoms with Gasteiger partial charge in [-0.25, -0.2) is 4.79 Å². The molecule has 0 atom stereocenters. The highest BCUT2D eigenvalue weighted by Gasteiger charge is 2.14. The minimum Gasteiger partial charge on any atom is -0.383 e. The summed E-state index contributed by atoms with van der Waals surface area (Å²) in [5.41, 5.74) is 6.15. The van der Waals surface area contributed by atoms with E-state index in [2.05, 4.69) is 50.4 Å². The molecule has 4 aromatic rings. The molecule has 4 N–H and O–H groups in total. The lowest BCUT2D eigenvalue weighted by atomic mass is 9.98. The van der Waals surface area contributed by atoms with Crippen LogP contribution in [0, 0.1) is 12.8 Å². The van der Waals surface area contributed by atoms with E-state index in [1.807, 2.05) is 73.7 Å². The van der Waals surface area contributed by atoms with Gasteiger partial charge in [-0.3, -0.25) is 0 Å². The maximum Gasteiger partial charge on any atom is 0.323 e. The molecule has 0 spiro atoms. The highest BCUT2D eigenvalue weighted by Crippen LogP contribution is 2.34. The largest absolute Gasteiger partial charge is 0.383 e. The Balaban J connectivity index is 1.63. The zero-order chi connectivity index (χ0) is 23.9. The van der Waals surface area contributed by atoms with Gasteiger partial charge < -0.3 is 16.0 Å². The first-order chi connectivity index (χ1) is 16.5. The van der Waals surface area contributed by atoms with Gasteiger partial charge in [-0.15, -0.1) is 10.2 Å². The zero-order valence-corrected chi connectivity index (χ0v) is 19.6. The van der Waals surface area contributed by atoms with Crippen molar-refractivity contribution in [2.75, 3.05) is 22.5 Å². The molecular weight excluding hydrogens is 426 g/mol. The second kappa shape index (κ2) is 10.6. The van der Waals surface area contributed by atoms with Crippen molar-refractivity contribution in [3.8, 4) is 22.5 Å². The summed E-state index contributed by atoms with van der Waals surface area (Å²) >= 11 is 0. The van der Waals surface area contributed by atoms with Gasteiger partial charge in [0, 0.05) is 17.8 Å². The van der Waals surface area contributed by atoms with Crippen LogP contribution in [0.1, 0.15) is 25.8 Å². The van der Waals surface area contributed by atoms with E-state index in [9.17, 15) is 4.79 Å². The van der Waals surface area contributed by atoms with Crippen molar-refractivity contribution >= 4 is 23.1 Å². The van der Waals surface area contributed by atoms with E-state index in [-0.39, 0.29) is 6.03 Å². The average Bonchev–Trinajstić information content (AvgIpc) is 3.36. The topological polar surface area (TPSA) is 108 Å². The van der Waals surface area contributed by atoms with Crippen LogP contribution in [0.25, 0.3) is 22.5 Å². The molecule has 4 rings (SSSR count). The molecule has 0 saturated carbocycles. The number of rotatable bonds is 8. The highest BCUT2D eigenvalue weighted by atomic mass is 16.2. The number of carbonyl (C=O) groups is 1. The number of anilines is 3. The summed E-state index contributed by atoms with van der Waals surface area (Å²) < 4.78 is 0. The number of aryl methyl sites for hydroxylation is 1. The lowest BCUT2D eigenvalue weighted by Crippen LogP contribution is -2.20. The van der Waals surface area contributed by atoms with Crippen LogP contribution in [0.4, 0.5) is 21.9 Å². The van der Waals surface area contributed by atoms with E-state index in [0.717, 1.165) is 46.6 Å². The third kappa shape index (κ3) is 5.78. The van der Waals surface area contributed by atoms with Gasteiger partial charge in [-0.2, -0.15) is 5.21 Å². The summed E-state index contributed by atoms with van der Waals surface area (Å²) in [7, 11) is 0. The Labute approximate surface area is 199 Å². The van der Waals surface area contributed by atoms with Crippen molar-refractivity contribution in [2.24, 2.45) is 5.92 Å². The Morgan fingerprint density at radius 1 is 0.941 bits per heavy atom. The molecule has 0 aliphatic heterocycles.